The molecule has 4 heteroatoms. The van der Waals surface area contributed by atoms with E-state index < -0.39 is 0 Å². The van der Waals surface area contributed by atoms with Gasteiger partial charge in [-0.05, 0) is 48.0 Å². The van der Waals surface area contributed by atoms with Gasteiger partial charge in [-0.2, -0.15) is 0 Å². The van der Waals surface area contributed by atoms with Crippen molar-refractivity contribution < 1.29 is 0 Å². The first-order chi connectivity index (χ1) is 9.70. The Morgan fingerprint density at radius 2 is 1.85 bits per heavy atom. The number of anilines is 1. The molecule has 3 nitrogen and oxygen atoms in total. The Kier molecular flexibility index (Phi) is 3.65. The van der Waals surface area contributed by atoms with E-state index in [0.717, 1.165) is 21.7 Å². The van der Waals surface area contributed by atoms with Gasteiger partial charge in [0.05, 0.1) is 12.2 Å². The fraction of sp³-hybridized carbons (Fsp3) is 0.125. The molecule has 1 aromatic heterocycles. The predicted octanol–water partition coefficient (Wildman–Crippen LogP) is 4.31. The molecule has 0 saturated heterocycles. The lowest BCUT2D eigenvalue weighted by molar-refractivity contribution is 0.955. The van der Waals surface area contributed by atoms with Gasteiger partial charge in [-0.3, -0.25) is 0 Å². The van der Waals surface area contributed by atoms with E-state index in [0.29, 0.717) is 6.54 Å². The lowest BCUT2D eigenvalue weighted by Gasteiger charge is -2.08. The van der Waals surface area contributed by atoms with Crippen LogP contribution in [0.3, 0.4) is 0 Å². The van der Waals surface area contributed by atoms with E-state index in [1.807, 2.05) is 13.0 Å². The molecule has 0 saturated carbocycles. The third-order valence-corrected chi connectivity index (χ3v) is 3.60. The number of halogens is 1. The summed E-state index contributed by atoms with van der Waals surface area (Å²) in [4.78, 5) is 8.48. The summed E-state index contributed by atoms with van der Waals surface area (Å²) in [6, 6.07) is 14.6. The summed E-state index contributed by atoms with van der Waals surface area (Å²) < 4.78 is 1.10. The number of hydrogen-bond acceptors (Lipinski definition) is 3. The van der Waals surface area contributed by atoms with Crippen LogP contribution >= 0.6 is 15.9 Å². The first kappa shape index (κ1) is 13.1. The molecule has 0 unspecified atom stereocenters. The molecule has 0 bridgehead atoms. The van der Waals surface area contributed by atoms with Crippen LogP contribution in [0.2, 0.25) is 0 Å². The van der Waals surface area contributed by atoms with Crippen molar-refractivity contribution >= 4 is 32.4 Å². The lowest BCUT2D eigenvalue weighted by Crippen LogP contribution is -2.03. The molecule has 0 radical (unpaired) electrons. The van der Waals surface area contributed by atoms with Gasteiger partial charge in [0.15, 0.2) is 0 Å². The van der Waals surface area contributed by atoms with Gasteiger partial charge < -0.3 is 5.32 Å². The fourth-order valence-corrected chi connectivity index (χ4v) is 2.50. The average Bonchev–Trinajstić information content (AvgIpc) is 2.45. The lowest BCUT2D eigenvalue weighted by atomic mass is 10.1. The highest BCUT2D eigenvalue weighted by Gasteiger charge is 1.99. The molecule has 1 heterocycles. The number of aryl methyl sites for hydroxylation is 1. The zero-order valence-electron chi connectivity index (χ0n) is 11.1. The Labute approximate surface area is 126 Å². The van der Waals surface area contributed by atoms with Crippen LogP contribution in [-0.4, -0.2) is 9.97 Å². The van der Waals surface area contributed by atoms with Gasteiger partial charge in [0.2, 0.25) is 0 Å². The Hall–Kier alpha value is -1.94. The first-order valence-electron chi connectivity index (χ1n) is 6.42. The second-order valence-electron chi connectivity index (χ2n) is 4.65. The van der Waals surface area contributed by atoms with E-state index in [2.05, 4.69) is 67.6 Å². The highest BCUT2D eigenvalue weighted by Crippen LogP contribution is 2.23. The standard InChI is InChI=1S/C16H14BrN3/c1-11-18-7-6-16(20-11)10-19-15-5-3-12-8-14(17)4-2-13(12)9-15/h2-9,19H,10H2,1H3. The minimum absolute atomic E-state index is 0.700. The number of nitrogens with one attached hydrogen (secondary N) is 1. The quantitative estimate of drug-likeness (QED) is 0.778. The summed E-state index contributed by atoms with van der Waals surface area (Å²) >= 11 is 3.49. The maximum atomic E-state index is 4.38. The second kappa shape index (κ2) is 5.59. The smallest absolute Gasteiger partial charge is 0.125 e. The van der Waals surface area contributed by atoms with E-state index in [1.165, 1.54) is 10.8 Å². The molecule has 0 aliphatic rings. The maximum absolute atomic E-state index is 4.38. The van der Waals surface area contributed by atoms with Crippen LogP contribution < -0.4 is 5.32 Å². The summed E-state index contributed by atoms with van der Waals surface area (Å²) in [5.74, 6) is 0.799. The average molecular weight is 328 g/mol. The summed E-state index contributed by atoms with van der Waals surface area (Å²) in [7, 11) is 0. The highest BCUT2D eigenvalue weighted by molar-refractivity contribution is 9.10. The molecule has 3 rings (SSSR count). The normalized spacial score (nSPS) is 10.7. The van der Waals surface area contributed by atoms with Gasteiger partial charge >= 0.3 is 0 Å². The largest absolute Gasteiger partial charge is 0.379 e. The Morgan fingerprint density at radius 3 is 2.70 bits per heavy atom. The first-order valence-corrected chi connectivity index (χ1v) is 7.22. The van der Waals surface area contributed by atoms with Crippen molar-refractivity contribution in [2.75, 3.05) is 5.32 Å². The zero-order chi connectivity index (χ0) is 13.9. The van der Waals surface area contributed by atoms with Crippen LogP contribution in [0.1, 0.15) is 11.5 Å². The molecule has 1 N–H and O–H groups in total. The molecule has 3 aromatic rings. The summed E-state index contributed by atoms with van der Waals surface area (Å²) in [6.07, 6.45) is 1.79. The zero-order valence-corrected chi connectivity index (χ0v) is 12.7. The van der Waals surface area contributed by atoms with Gasteiger partial charge in [-0.15, -0.1) is 0 Å². The maximum Gasteiger partial charge on any atom is 0.125 e. The SMILES string of the molecule is Cc1nccc(CNc2ccc3cc(Br)ccc3c2)n1. The van der Waals surface area contributed by atoms with Crippen molar-refractivity contribution in [3.05, 3.63) is 64.7 Å². The van der Waals surface area contributed by atoms with Gasteiger partial charge in [0.1, 0.15) is 5.82 Å². The topological polar surface area (TPSA) is 37.8 Å². The molecular formula is C16H14BrN3. The van der Waals surface area contributed by atoms with Crippen molar-refractivity contribution in [1.29, 1.82) is 0 Å². The van der Waals surface area contributed by atoms with Crippen molar-refractivity contribution in [2.24, 2.45) is 0 Å². The molecule has 0 atom stereocenters. The van der Waals surface area contributed by atoms with Crippen LogP contribution in [-0.2, 0) is 6.54 Å². The molecule has 100 valence electrons. The minimum atomic E-state index is 0.700. The van der Waals surface area contributed by atoms with Crippen molar-refractivity contribution in [3.63, 3.8) is 0 Å². The van der Waals surface area contributed by atoms with Crippen molar-refractivity contribution in [3.8, 4) is 0 Å². The Balaban J connectivity index is 1.79. The predicted molar refractivity (Wildman–Crippen MR) is 85.7 cm³/mol. The molecule has 20 heavy (non-hydrogen) atoms. The van der Waals surface area contributed by atoms with Gasteiger partial charge in [0.25, 0.3) is 0 Å². The van der Waals surface area contributed by atoms with Crippen LogP contribution in [0.4, 0.5) is 5.69 Å². The number of rotatable bonds is 3. The summed E-state index contributed by atoms with van der Waals surface area (Å²) in [5, 5.41) is 5.84. The van der Waals surface area contributed by atoms with Gasteiger partial charge in [-0.1, -0.05) is 28.1 Å². The third kappa shape index (κ3) is 2.96. The molecule has 2 aromatic carbocycles. The van der Waals surface area contributed by atoms with Crippen molar-refractivity contribution in [2.45, 2.75) is 13.5 Å². The number of nitrogens with zero attached hydrogens (tertiary/aromatic N) is 2. The molecular weight excluding hydrogens is 314 g/mol. The van der Waals surface area contributed by atoms with Crippen LogP contribution in [0, 0.1) is 6.92 Å². The van der Waals surface area contributed by atoms with Crippen LogP contribution in [0.15, 0.2) is 53.1 Å². The molecule has 0 aliphatic carbocycles. The summed E-state index contributed by atoms with van der Waals surface area (Å²) in [5.41, 5.74) is 2.09. The van der Waals surface area contributed by atoms with Crippen molar-refractivity contribution in [1.82, 2.24) is 9.97 Å². The second-order valence-corrected chi connectivity index (χ2v) is 5.57. The number of aromatic nitrogens is 2. The van der Waals surface area contributed by atoms with E-state index >= 15 is 0 Å². The van der Waals surface area contributed by atoms with Crippen LogP contribution in [0.25, 0.3) is 10.8 Å². The molecule has 0 amide bonds. The van der Waals surface area contributed by atoms with Crippen LogP contribution in [0.5, 0.6) is 0 Å². The van der Waals surface area contributed by atoms with Gasteiger partial charge in [-0.25, -0.2) is 9.97 Å². The van der Waals surface area contributed by atoms with E-state index in [9.17, 15) is 0 Å². The van der Waals surface area contributed by atoms with E-state index in [-0.39, 0.29) is 0 Å². The number of hydrogen-bond donors (Lipinski definition) is 1. The Morgan fingerprint density at radius 1 is 1.05 bits per heavy atom. The van der Waals surface area contributed by atoms with Gasteiger partial charge in [0, 0.05) is 16.4 Å². The fourth-order valence-electron chi connectivity index (χ4n) is 2.12. The highest BCUT2D eigenvalue weighted by atomic mass is 79.9. The minimum Gasteiger partial charge on any atom is -0.379 e. The molecule has 0 spiro atoms. The Bertz CT molecular complexity index is 756. The number of benzene rings is 2. The monoisotopic (exact) mass is 327 g/mol. The molecule has 0 fully saturated rings. The van der Waals surface area contributed by atoms with E-state index in [1.54, 1.807) is 6.20 Å². The summed E-state index contributed by atoms with van der Waals surface area (Å²) in [6.45, 7) is 2.60. The number of fused-ring (bicyclic) bond motifs is 1. The third-order valence-electron chi connectivity index (χ3n) is 3.11. The van der Waals surface area contributed by atoms with E-state index in [4.69, 9.17) is 0 Å². The molecule has 0 aliphatic heterocycles.